The van der Waals surface area contributed by atoms with Gasteiger partial charge in [0, 0.05) is 12.8 Å². The van der Waals surface area contributed by atoms with Crippen LogP contribution >= 0.6 is 7.82 Å². The molecule has 3 atom stereocenters. The van der Waals surface area contributed by atoms with Crippen LogP contribution in [0.25, 0.3) is 0 Å². The van der Waals surface area contributed by atoms with E-state index in [0.717, 1.165) is 109 Å². The predicted octanol–water partition coefficient (Wildman–Crippen LogP) is 18.8. The van der Waals surface area contributed by atoms with E-state index < -0.39 is 25.9 Å². The van der Waals surface area contributed by atoms with Crippen LogP contribution in [-0.4, -0.2) is 74.3 Å². The number of quaternary nitrogens is 1. The molecule has 0 fully saturated rings. The molecule has 1 amide bonds. The molecule has 0 aromatic heterocycles. The quantitative estimate of drug-likeness (QED) is 0.0205. The van der Waals surface area contributed by atoms with Crippen LogP contribution in [-0.2, 0) is 27.9 Å². The number of allylic oxidation sites excluding steroid dienone is 25. The summed E-state index contributed by atoms with van der Waals surface area (Å²) >= 11 is 0. The Balaban J connectivity index is 5.50. The Bertz CT molecular complexity index is 1890. The lowest BCUT2D eigenvalue weighted by Gasteiger charge is -2.27. The zero-order chi connectivity index (χ0) is 57.2. The minimum absolute atomic E-state index is 0.0108. The first-order valence-corrected chi connectivity index (χ1v) is 31.8. The number of hydrogen-bond donors (Lipinski definition) is 2. The minimum atomic E-state index is -4.49. The van der Waals surface area contributed by atoms with Crippen molar-refractivity contribution >= 4 is 19.7 Å². The van der Waals surface area contributed by atoms with Crippen molar-refractivity contribution < 1.29 is 37.3 Å². The van der Waals surface area contributed by atoms with Crippen LogP contribution in [0.4, 0.5) is 0 Å². The number of carbonyl (C=O) groups is 2. The van der Waals surface area contributed by atoms with Gasteiger partial charge in [-0.25, -0.2) is 4.57 Å². The minimum Gasteiger partial charge on any atom is -0.456 e. The van der Waals surface area contributed by atoms with Gasteiger partial charge in [-0.15, -0.1) is 0 Å². The van der Waals surface area contributed by atoms with Crippen molar-refractivity contribution in [1.82, 2.24) is 5.32 Å². The summed E-state index contributed by atoms with van der Waals surface area (Å²) in [7, 11) is 1.40. The van der Waals surface area contributed by atoms with Gasteiger partial charge in [0.25, 0.3) is 0 Å². The molecular formula is C68H112N2O7P+. The van der Waals surface area contributed by atoms with Crippen molar-refractivity contribution in [3.8, 4) is 0 Å². The van der Waals surface area contributed by atoms with Gasteiger partial charge in [-0.2, -0.15) is 0 Å². The molecule has 0 bridgehead atoms. The lowest BCUT2D eigenvalue weighted by molar-refractivity contribution is -0.870. The summed E-state index contributed by atoms with van der Waals surface area (Å²) in [6.45, 7) is 6.66. The van der Waals surface area contributed by atoms with E-state index in [1.165, 1.54) is 51.4 Å². The number of phosphoric ester groups is 1. The molecule has 3 unspecified atom stereocenters. The molecule has 0 aliphatic carbocycles. The number of hydrogen-bond acceptors (Lipinski definition) is 6. The number of unbranched alkanes of at least 4 members (excludes halogenated alkanes) is 12. The van der Waals surface area contributed by atoms with Crippen molar-refractivity contribution in [1.29, 1.82) is 0 Å². The van der Waals surface area contributed by atoms with E-state index in [1.54, 1.807) is 6.08 Å². The van der Waals surface area contributed by atoms with Crippen LogP contribution < -0.4 is 5.32 Å². The SMILES string of the molecule is CC/C=C\C/C=C\C/C=C\C/C=C\C/C=C\C/C=C\CCCCC(=O)NC(COP(=O)(O)OCC[N+](C)(C)C)C(/C=C/CCCCCCCCCCCC)OC(=O)CC/C=C\C/C=C\C/C=C\C/C=C\C/C=C\C/C=C\CC. The summed E-state index contributed by atoms with van der Waals surface area (Å²) in [5, 5.41) is 3.00. The summed E-state index contributed by atoms with van der Waals surface area (Å²) in [5.41, 5.74) is 0. The largest absolute Gasteiger partial charge is 0.472 e. The highest BCUT2D eigenvalue weighted by molar-refractivity contribution is 7.47. The molecule has 0 aliphatic rings. The predicted molar refractivity (Wildman–Crippen MR) is 336 cm³/mol. The maximum atomic E-state index is 13.5. The zero-order valence-corrected chi connectivity index (χ0v) is 51.0. The fourth-order valence-corrected chi connectivity index (χ4v) is 8.35. The van der Waals surface area contributed by atoms with E-state index in [1.807, 2.05) is 39.4 Å². The first kappa shape index (κ1) is 73.6. The van der Waals surface area contributed by atoms with Gasteiger partial charge in [-0.05, 0) is 122 Å². The molecule has 0 saturated heterocycles. The third-order valence-corrected chi connectivity index (χ3v) is 13.2. The Morgan fingerprint density at radius 1 is 0.462 bits per heavy atom. The van der Waals surface area contributed by atoms with Gasteiger partial charge in [0.1, 0.15) is 19.3 Å². The van der Waals surface area contributed by atoms with E-state index in [9.17, 15) is 19.0 Å². The molecule has 0 heterocycles. The van der Waals surface area contributed by atoms with E-state index >= 15 is 0 Å². The van der Waals surface area contributed by atoms with Gasteiger partial charge in [-0.3, -0.25) is 18.6 Å². The summed E-state index contributed by atoms with van der Waals surface area (Å²) in [4.78, 5) is 37.6. The maximum Gasteiger partial charge on any atom is 0.472 e. The molecule has 2 N–H and O–H groups in total. The Labute approximate surface area is 478 Å². The van der Waals surface area contributed by atoms with Crippen molar-refractivity contribution in [3.63, 3.8) is 0 Å². The van der Waals surface area contributed by atoms with Crippen LogP contribution in [0.3, 0.4) is 0 Å². The number of likely N-dealkylation sites (N-methyl/N-ethyl adjacent to an activating group) is 1. The second kappa shape index (κ2) is 55.9. The van der Waals surface area contributed by atoms with Crippen LogP contribution in [0.15, 0.2) is 158 Å². The number of rotatable bonds is 52. The lowest BCUT2D eigenvalue weighted by Crippen LogP contribution is -2.47. The number of esters is 1. The first-order valence-electron chi connectivity index (χ1n) is 30.3. The van der Waals surface area contributed by atoms with Crippen molar-refractivity contribution in [2.24, 2.45) is 0 Å². The lowest BCUT2D eigenvalue weighted by atomic mass is 10.1. The Kier molecular flexibility index (Phi) is 52.8. The molecule has 0 rings (SSSR count). The highest BCUT2D eigenvalue weighted by atomic mass is 31.2. The van der Waals surface area contributed by atoms with Gasteiger partial charge < -0.3 is 19.4 Å². The van der Waals surface area contributed by atoms with Crippen molar-refractivity contribution in [3.05, 3.63) is 158 Å². The van der Waals surface area contributed by atoms with E-state index in [0.29, 0.717) is 23.9 Å². The average molecular weight is 1100 g/mol. The molecule has 78 heavy (non-hydrogen) atoms. The molecule has 9 nitrogen and oxygen atoms in total. The Morgan fingerprint density at radius 3 is 1.26 bits per heavy atom. The normalized spacial score (nSPS) is 14.8. The highest BCUT2D eigenvalue weighted by Crippen LogP contribution is 2.43. The molecule has 0 spiro atoms. The average Bonchev–Trinajstić information content (AvgIpc) is 3.40. The molecule has 440 valence electrons. The molecule has 0 aromatic carbocycles. The van der Waals surface area contributed by atoms with Gasteiger partial charge in [0.05, 0.1) is 33.8 Å². The van der Waals surface area contributed by atoms with Crippen molar-refractivity contribution in [2.45, 2.75) is 219 Å². The van der Waals surface area contributed by atoms with E-state index in [2.05, 4.69) is 160 Å². The molecule has 0 aromatic rings. The summed E-state index contributed by atoms with van der Waals surface area (Å²) < 4.78 is 30.6. The standard InChI is InChI=1S/C68H111N2O7P/c1-7-10-13-16-19-22-25-28-30-32-34-35-37-38-40-42-45-48-51-54-57-60-67(71)69-65(64-76-78(73,74)75-63-62-70(4,5)6)66(59-56-53-50-47-44-27-24-21-18-15-12-9-3)77-68(72)61-58-55-52-49-46-43-41-39-36-33-31-29-26-23-20-17-14-11-8-2/h10-11,13-14,19-20,22-23,28-31,34-36,38-40,43,45-46,48,52,55-56,59,65-66H,7-9,12,15-18,21,24-27,32-33,37,41-42,44,47,49-51,53-54,57-58,60-64H2,1-6H3,(H-,69,71,73,74)/p+1/b13-10-,14-11-,22-19-,23-20-,30-28-,31-29-,35-34-,39-36-,40-38-,46-43-,48-45-,55-52-,59-56+. The molecular weight excluding hydrogens is 988 g/mol. The van der Waals surface area contributed by atoms with Gasteiger partial charge in [0.2, 0.25) is 5.91 Å². The van der Waals surface area contributed by atoms with Crippen LogP contribution in [0, 0.1) is 0 Å². The monoisotopic (exact) mass is 1100 g/mol. The Morgan fingerprint density at radius 2 is 0.833 bits per heavy atom. The van der Waals surface area contributed by atoms with Crippen LogP contribution in [0.1, 0.15) is 207 Å². The third kappa shape index (κ3) is 56.4. The zero-order valence-electron chi connectivity index (χ0n) is 50.1. The second-order valence-corrected chi connectivity index (χ2v) is 22.2. The molecule has 0 radical (unpaired) electrons. The summed E-state index contributed by atoms with van der Waals surface area (Å²) in [5.74, 6) is -0.669. The van der Waals surface area contributed by atoms with Gasteiger partial charge in [0.15, 0.2) is 0 Å². The number of nitrogens with one attached hydrogen (secondary N) is 1. The van der Waals surface area contributed by atoms with E-state index in [4.69, 9.17) is 13.8 Å². The van der Waals surface area contributed by atoms with Gasteiger partial charge >= 0.3 is 13.8 Å². The van der Waals surface area contributed by atoms with Crippen LogP contribution in [0.2, 0.25) is 0 Å². The van der Waals surface area contributed by atoms with Crippen LogP contribution in [0.5, 0.6) is 0 Å². The summed E-state index contributed by atoms with van der Waals surface area (Å²) in [6, 6.07) is -0.915. The smallest absolute Gasteiger partial charge is 0.456 e. The first-order chi connectivity index (χ1) is 37.9. The van der Waals surface area contributed by atoms with Crippen molar-refractivity contribution in [2.75, 3.05) is 40.9 Å². The highest BCUT2D eigenvalue weighted by Gasteiger charge is 2.30. The second-order valence-electron chi connectivity index (χ2n) is 20.8. The fraction of sp³-hybridized carbons (Fsp3) is 0.588. The number of nitrogens with zero attached hydrogens (tertiary/aromatic N) is 1. The fourth-order valence-electron chi connectivity index (χ4n) is 7.61. The number of carbonyl (C=O) groups excluding carboxylic acids is 2. The molecule has 10 heteroatoms. The topological polar surface area (TPSA) is 111 Å². The Hall–Kier alpha value is -4.37. The molecule has 0 saturated carbocycles. The van der Waals surface area contributed by atoms with Gasteiger partial charge in [-0.1, -0.05) is 230 Å². The maximum absolute atomic E-state index is 13.5. The third-order valence-electron chi connectivity index (χ3n) is 12.2. The number of amides is 1. The number of phosphoric acid groups is 1. The number of ether oxygens (including phenoxy) is 1. The summed E-state index contributed by atoms with van der Waals surface area (Å²) in [6.07, 6.45) is 82.6. The van der Waals surface area contributed by atoms with E-state index in [-0.39, 0.29) is 32.0 Å². The molecule has 0 aliphatic heterocycles.